The average molecular weight is 460 g/mol. The van der Waals surface area contributed by atoms with Gasteiger partial charge >= 0.3 is 6.18 Å². The number of nitrogens with one attached hydrogen (secondary N) is 1. The smallest absolute Gasteiger partial charge is 0.379 e. The minimum Gasteiger partial charge on any atom is -0.379 e. The fourth-order valence-corrected chi connectivity index (χ4v) is 3.75. The van der Waals surface area contributed by atoms with Crippen LogP contribution in [0.25, 0.3) is 0 Å². The van der Waals surface area contributed by atoms with E-state index in [1.54, 1.807) is 4.90 Å². The summed E-state index contributed by atoms with van der Waals surface area (Å²) in [4.78, 5) is 28.3. The molecule has 0 bridgehead atoms. The molecule has 8 heteroatoms. The van der Waals surface area contributed by atoms with E-state index in [4.69, 9.17) is 0 Å². The zero-order valence-corrected chi connectivity index (χ0v) is 18.3. The molecule has 2 aromatic rings. The Balaban J connectivity index is 1.57. The van der Waals surface area contributed by atoms with E-state index in [-0.39, 0.29) is 5.91 Å². The molecule has 1 fully saturated rings. The lowest BCUT2D eigenvalue weighted by Crippen LogP contribution is -2.54. The summed E-state index contributed by atoms with van der Waals surface area (Å²) in [5.74, 6) is -2.15. The quantitative estimate of drug-likeness (QED) is 0.585. The maximum atomic E-state index is 13.2. The van der Waals surface area contributed by atoms with Crippen molar-refractivity contribution in [3.8, 4) is 0 Å². The van der Waals surface area contributed by atoms with Gasteiger partial charge in [-0.05, 0) is 17.5 Å². The highest BCUT2D eigenvalue weighted by molar-refractivity contribution is 5.94. The first-order valence-electron chi connectivity index (χ1n) is 11.0. The zero-order valence-electron chi connectivity index (χ0n) is 18.3. The summed E-state index contributed by atoms with van der Waals surface area (Å²) >= 11 is 0. The molecule has 1 saturated heterocycles. The molecule has 1 amide bonds. The molecule has 1 heterocycles. The maximum absolute atomic E-state index is 13.2. The molecule has 1 unspecified atom stereocenters. The van der Waals surface area contributed by atoms with Crippen LogP contribution in [0, 0.1) is 0 Å². The second kappa shape index (κ2) is 11.7. The van der Waals surface area contributed by atoms with Crippen LogP contribution in [-0.4, -0.2) is 66.4 Å². The topological polar surface area (TPSA) is 52.7 Å². The van der Waals surface area contributed by atoms with E-state index in [0.29, 0.717) is 25.6 Å². The molecule has 0 radical (unpaired) electrons. The van der Waals surface area contributed by atoms with Crippen molar-refractivity contribution in [1.29, 1.82) is 0 Å². The van der Waals surface area contributed by atoms with Gasteiger partial charge in [-0.2, -0.15) is 13.2 Å². The van der Waals surface area contributed by atoms with E-state index in [1.807, 2.05) is 48.5 Å². The first-order valence-corrected chi connectivity index (χ1v) is 11.0. The van der Waals surface area contributed by atoms with Crippen molar-refractivity contribution < 1.29 is 22.8 Å². The minimum absolute atomic E-state index is 0.189. The van der Waals surface area contributed by atoms with Crippen LogP contribution in [0.3, 0.4) is 0 Å². The first-order chi connectivity index (χ1) is 15.8. The van der Waals surface area contributed by atoms with Crippen molar-refractivity contribution in [2.75, 3.05) is 32.7 Å². The van der Waals surface area contributed by atoms with Crippen molar-refractivity contribution in [3.05, 3.63) is 84.1 Å². The van der Waals surface area contributed by atoms with Gasteiger partial charge in [0.05, 0.1) is 0 Å². The SMILES string of the molecule is O=C(C(Cc1ccccc1)NC=CC(=O)C(F)(F)F)N1CCN(CCc2ccccc2)CC1. The number of hydrogen-bond acceptors (Lipinski definition) is 4. The van der Waals surface area contributed by atoms with Crippen molar-refractivity contribution in [2.45, 2.75) is 25.1 Å². The molecule has 1 N–H and O–H groups in total. The first kappa shape index (κ1) is 24.5. The largest absolute Gasteiger partial charge is 0.454 e. The Morgan fingerprint density at radius 3 is 2.06 bits per heavy atom. The summed E-state index contributed by atoms with van der Waals surface area (Å²) < 4.78 is 37.4. The van der Waals surface area contributed by atoms with Crippen LogP contribution in [0.1, 0.15) is 11.1 Å². The third-order valence-corrected chi connectivity index (χ3v) is 5.64. The van der Waals surface area contributed by atoms with Gasteiger partial charge in [-0.15, -0.1) is 0 Å². The molecule has 0 aliphatic carbocycles. The Morgan fingerprint density at radius 1 is 0.909 bits per heavy atom. The van der Waals surface area contributed by atoms with Crippen LogP contribution in [0.4, 0.5) is 13.2 Å². The van der Waals surface area contributed by atoms with Crippen LogP contribution in [0.5, 0.6) is 0 Å². The highest BCUT2D eigenvalue weighted by atomic mass is 19.4. The molecule has 0 saturated carbocycles. The second-order valence-electron chi connectivity index (χ2n) is 8.01. The van der Waals surface area contributed by atoms with Gasteiger partial charge in [-0.3, -0.25) is 14.5 Å². The molecule has 5 nitrogen and oxygen atoms in total. The number of hydrogen-bond donors (Lipinski definition) is 1. The number of allylic oxidation sites excluding steroid dienone is 1. The highest BCUT2D eigenvalue weighted by Crippen LogP contribution is 2.16. The zero-order chi connectivity index (χ0) is 23.7. The lowest BCUT2D eigenvalue weighted by molar-refractivity contribution is -0.165. The predicted molar refractivity (Wildman–Crippen MR) is 120 cm³/mol. The van der Waals surface area contributed by atoms with Crippen LogP contribution >= 0.6 is 0 Å². The predicted octanol–water partition coefficient (Wildman–Crippen LogP) is 3.22. The van der Waals surface area contributed by atoms with Crippen LogP contribution in [0.15, 0.2) is 72.9 Å². The van der Waals surface area contributed by atoms with E-state index in [9.17, 15) is 22.8 Å². The number of benzene rings is 2. The van der Waals surface area contributed by atoms with Crippen molar-refractivity contribution in [2.24, 2.45) is 0 Å². The molecule has 176 valence electrons. The van der Waals surface area contributed by atoms with Gasteiger partial charge < -0.3 is 10.2 Å². The molecule has 2 aromatic carbocycles. The normalized spacial score (nSPS) is 16.0. The Bertz CT molecular complexity index is 925. The number of carbonyl (C=O) groups is 2. The summed E-state index contributed by atoms with van der Waals surface area (Å²) in [6.07, 6.45) is -2.35. The maximum Gasteiger partial charge on any atom is 0.454 e. The third kappa shape index (κ3) is 7.75. The van der Waals surface area contributed by atoms with Gasteiger partial charge in [0.1, 0.15) is 6.04 Å². The van der Waals surface area contributed by atoms with Crippen molar-refractivity contribution in [1.82, 2.24) is 15.1 Å². The summed E-state index contributed by atoms with van der Waals surface area (Å²) in [7, 11) is 0. The third-order valence-electron chi connectivity index (χ3n) is 5.64. The summed E-state index contributed by atoms with van der Waals surface area (Å²) in [6, 6.07) is 18.7. The Morgan fingerprint density at radius 2 is 1.48 bits per heavy atom. The van der Waals surface area contributed by atoms with Crippen molar-refractivity contribution in [3.63, 3.8) is 0 Å². The number of alkyl halides is 3. The van der Waals surface area contributed by atoms with Gasteiger partial charge in [0, 0.05) is 51.4 Å². The highest BCUT2D eigenvalue weighted by Gasteiger charge is 2.36. The lowest BCUT2D eigenvalue weighted by atomic mass is 10.0. The summed E-state index contributed by atoms with van der Waals surface area (Å²) in [6.45, 7) is 3.47. The molecule has 3 rings (SSSR count). The molecular formula is C25H28F3N3O2. The monoisotopic (exact) mass is 459 g/mol. The molecule has 1 aliphatic rings. The van der Waals surface area contributed by atoms with Gasteiger partial charge in [0.15, 0.2) is 0 Å². The van der Waals surface area contributed by atoms with Crippen LogP contribution < -0.4 is 5.32 Å². The Hall–Kier alpha value is -3.13. The van der Waals surface area contributed by atoms with E-state index in [1.165, 1.54) is 5.56 Å². The van der Waals surface area contributed by atoms with Gasteiger partial charge in [0.2, 0.25) is 5.91 Å². The Kier molecular flexibility index (Phi) is 8.65. The van der Waals surface area contributed by atoms with E-state index in [0.717, 1.165) is 37.8 Å². The summed E-state index contributed by atoms with van der Waals surface area (Å²) in [5.41, 5.74) is 2.14. The molecule has 1 atom stereocenters. The lowest BCUT2D eigenvalue weighted by Gasteiger charge is -2.36. The van der Waals surface area contributed by atoms with Crippen molar-refractivity contribution >= 4 is 11.7 Å². The van der Waals surface area contributed by atoms with E-state index in [2.05, 4.69) is 22.3 Å². The second-order valence-corrected chi connectivity index (χ2v) is 8.01. The number of ketones is 1. The fraction of sp³-hybridized carbons (Fsp3) is 0.360. The average Bonchev–Trinajstić information content (AvgIpc) is 2.82. The standard InChI is InChI=1S/C25H28F3N3O2/c26-25(27,28)23(32)11-13-29-22(19-21-9-5-2-6-10-21)24(33)31-17-15-30(16-18-31)14-12-20-7-3-1-4-8-20/h1-11,13,22,29H,12,14-19H2. The number of carbonyl (C=O) groups excluding carboxylic acids is 2. The molecule has 33 heavy (non-hydrogen) atoms. The number of rotatable bonds is 9. The van der Waals surface area contributed by atoms with Crippen LogP contribution in [0.2, 0.25) is 0 Å². The molecular weight excluding hydrogens is 431 g/mol. The number of piperazine rings is 1. The van der Waals surface area contributed by atoms with E-state index >= 15 is 0 Å². The van der Waals surface area contributed by atoms with E-state index < -0.39 is 18.0 Å². The fourth-order valence-electron chi connectivity index (χ4n) is 3.75. The van der Waals surface area contributed by atoms with Gasteiger partial charge in [-0.1, -0.05) is 60.7 Å². The molecule has 0 spiro atoms. The molecule has 1 aliphatic heterocycles. The minimum atomic E-state index is -4.94. The number of amides is 1. The van der Waals surface area contributed by atoms with Gasteiger partial charge in [0.25, 0.3) is 5.78 Å². The Labute approximate surface area is 191 Å². The molecule has 0 aromatic heterocycles. The summed E-state index contributed by atoms with van der Waals surface area (Å²) in [5, 5.41) is 2.72. The van der Waals surface area contributed by atoms with Gasteiger partial charge in [-0.25, -0.2) is 0 Å². The number of nitrogens with zero attached hydrogens (tertiary/aromatic N) is 2. The van der Waals surface area contributed by atoms with Crippen LogP contribution in [-0.2, 0) is 22.4 Å². The number of halogens is 3.